The van der Waals surface area contributed by atoms with Crippen LogP contribution in [0, 0.1) is 0 Å². The first-order chi connectivity index (χ1) is 8.58. The molecular formula is C14H25NO2Sn. The summed E-state index contributed by atoms with van der Waals surface area (Å²) in [4.78, 5) is 0. The van der Waals surface area contributed by atoms with Gasteiger partial charge in [-0.25, -0.2) is 0 Å². The van der Waals surface area contributed by atoms with Gasteiger partial charge in [0.2, 0.25) is 0 Å². The Bertz CT molecular complexity index is 278. The Hall–Kier alpha value is -0.101. The SMILES string of the molecule is CC[O-].CC[O-].C[CH2][Sn+2][c]1ccccc1C(C)N. The topological polar surface area (TPSA) is 72.1 Å². The van der Waals surface area contributed by atoms with Crippen LogP contribution in [0.25, 0.3) is 0 Å². The van der Waals surface area contributed by atoms with Crippen molar-refractivity contribution in [2.24, 2.45) is 5.73 Å². The molecule has 4 heteroatoms. The van der Waals surface area contributed by atoms with Gasteiger partial charge in [0.05, 0.1) is 0 Å². The molecule has 0 aliphatic carbocycles. The van der Waals surface area contributed by atoms with Gasteiger partial charge in [0, 0.05) is 0 Å². The van der Waals surface area contributed by atoms with Crippen molar-refractivity contribution in [3.8, 4) is 0 Å². The quantitative estimate of drug-likeness (QED) is 0.786. The molecule has 1 aromatic carbocycles. The number of nitrogens with two attached hydrogens (primary N) is 1. The van der Waals surface area contributed by atoms with Gasteiger partial charge in [0.1, 0.15) is 0 Å². The monoisotopic (exact) mass is 359 g/mol. The Kier molecular flexibility index (Phi) is 16.8. The van der Waals surface area contributed by atoms with Crippen molar-refractivity contribution in [2.45, 2.75) is 38.2 Å². The van der Waals surface area contributed by atoms with Crippen LogP contribution in [0.3, 0.4) is 0 Å². The van der Waals surface area contributed by atoms with Gasteiger partial charge < -0.3 is 10.2 Å². The maximum atomic E-state index is 8.93. The summed E-state index contributed by atoms with van der Waals surface area (Å²) in [5.74, 6) is 0. The van der Waals surface area contributed by atoms with Crippen LogP contribution >= 0.6 is 0 Å². The van der Waals surface area contributed by atoms with Crippen molar-refractivity contribution < 1.29 is 10.2 Å². The van der Waals surface area contributed by atoms with Crippen LogP contribution in [0.15, 0.2) is 24.3 Å². The van der Waals surface area contributed by atoms with Gasteiger partial charge in [-0.2, -0.15) is 0 Å². The van der Waals surface area contributed by atoms with Gasteiger partial charge in [-0.3, -0.25) is 0 Å². The van der Waals surface area contributed by atoms with E-state index in [1.54, 1.807) is 17.4 Å². The zero-order valence-corrected chi connectivity index (χ0v) is 14.8. The number of benzene rings is 1. The molecule has 0 aliphatic heterocycles. The fourth-order valence-corrected chi connectivity index (χ4v) is 4.41. The van der Waals surface area contributed by atoms with Crippen molar-refractivity contribution >= 4 is 24.7 Å². The zero-order valence-electron chi connectivity index (χ0n) is 11.9. The van der Waals surface area contributed by atoms with E-state index in [0.717, 1.165) is 0 Å². The van der Waals surface area contributed by atoms with E-state index in [1.165, 1.54) is 10.0 Å². The van der Waals surface area contributed by atoms with Crippen LogP contribution in [0.1, 0.15) is 39.3 Å². The molecule has 18 heavy (non-hydrogen) atoms. The molecule has 0 fully saturated rings. The fraction of sp³-hybridized carbons (Fsp3) is 0.571. The summed E-state index contributed by atoms with van der Waals surface area (Å²) in [5, 5.41) is 17.9. The second kappa shape index (κ2) is 15.0. The molecule has 1 atom stereocenters. The average Bonchev–Trinajstić information content (AvgIpc) is 2.32. The molecule has 0 aliphatic rings. The first kappa shape index (κ1) is 20.2. The van der Waals surface area contributed by atoms with E-state index in [4.69, 9.17) is 15.9 Å². The van der Waals surface area contributed by atoms with E-state index in [-0.39, 0.29) is 40.4 Å². The molecule has 0 heterocycles. The van der Waals surface area contributed by atoms with Crippen molar-refractivity contribution in [2.75, 3.05) is 13.2 Å². The van der Waals surface area contributed by atoms with Gasteiger partial charge in [0.15, 0.2) is 0 Å². The zero-order chi connectivity index (χ0) is 14.4. The fourth-order valence-electron chi connectivity index (χ4n) is 1.25. The van der Waals surface area contributed by atoms with E-state index in [9.17, 15) is 0 Å². The molecule has 0 amide bonds. The third-order valence-electron chi connectivity index (χ3n) is 1.82. The molecule has 1 aromatic rings. The Balaban J connectivity index is 0. The van der Waals surface area contributed by atoms with Crippen molar-refractivity contribution in [1.29, 1.82) is 0 Å². The summed E-state index contributed by atoms with van der Waals surface area (Å²) in [5.41, 5.74) is 7.24. The Morgan fingerprint density at radius 3 is 1.94 bits per heavy atom. The molecule has 0 saturated heterocycles. The third-order valence-corrected chi connectivity index (χ3v) is 5.21. The minimum absolute atomic E-state index is 0. The maximum absolute atomic E-state index is 8.93. The molecule has 0 aromatic heterocycles. The van der Waals surface area contributed by atoms with Crippen LogP contribution < -0.4 is 19.5 Å². The first-order valence-corrected chi connectivity index (χ1v) is 9.77. The second-order valence-corrected chi connectivity index (χ2v) is 8.05. The summed E-state index contributed by atoms with van der Waals surface area (Å²) in [7, 11) is 0. The summed E-state index contributed by atoms with van der Waals surface area (Å²) >= 11 is -0.319. The molecule has 1 unspecified atom stereocenters. The molecule has 1 rings (SSSR count). The summed E-state index contributed by atoms with van der Waals surface area (Å²) in [6.45, 7) is 7.47. The van der Waals surface area contributed by atoms with Crippen molar-refractivity contribution in [1.82, 2.24) is 0 Å². The van der Waals surface area contributed by atoms with E-state index in [2.05, 4.69) is 38.1 Å². The molecule has 102 valence electrons. The van der Waals surface area contributed by atoms with Gasteiger partial charge in [-0.15, -0.1) is 13.2 Å². The van der Waals surface area contributed by atoms with Crippen LogP contribution in [0.2, 0.25) is 4.44 Å². The molecule has 0 bridgehead atoms. The molecule has 0 radical (unpaired) electrons. The number of hydrogen-bond donors (Lipinski definition) is 1. The minimum atomic E-state index is -0.319. The van der Waals surface area contributed by atoms with Gasteiger partial charge in [0.25, 0.3) is 0 Å². The predicted molar refractivity (Wildman–Crippen MR) is 76.0 cm³/mol. The average molecular weight is 358 g/mol. The van der Waals surface area contributed by atoms with Crippen LogP contribution in [0.4, 0.5) is 0 Å². The third kappa shape index (κ3) is 11.0. The summed E-state index contributed by atoms with van der Waals surface area (Å²) in [6.07, 6.45) is 0. The Morgan fingerprint density at radius 2 is 1.56 bits per heavy atom. The molecular weight excluding hydrogens is 333 g/mol. The molecule has 0 spiro atoms. The van der Waals surface area contributed by atoms with E-state index in [1.807, 2.05) is 0 Å². The first-order valence-electron chi connectivity index (χ1n) is 6.33. The standard InChI is InChI=1S/C8H10N.2C2H5O.C2H5.Sn/c1-7(9)8-5-3-2-4-6-8;2*1-2-3;1-2;/h2-5,7H,9H2,1H3;2*2H2,1H3;1H2,2H3;/q;2*-1;;+2. The van der Waals surface area contributed by atoms with E-state index < -0.39 is 0 Å². The number of rotatable bonds is 3. The summed E-state index contributed by atoms with van der Waals surface area (Å²) < 4.78 is 2.92. The van der Waals surface area contributed by atoms with Gasteiger partial charge >= 0.3 is 84.6 Å². The molecule has 0 saturated carbocycles. The Labute approximate surface area is 122 Å². The Morgan fingerprint density at radius 1 is 1.11 bits per heavy atom. The van der Waals surface area contributed by atoms with Crippen LogP contribution in [0.5, 0.6) is 0 Å². The van der Waals surface area contributed by atoms with Gasteiger partial charge in [-0.05, 0) is 0 Å². The van der Waals surface area contributed by atoms with Crippen LogP contribution in [-0.4, -0.2) is 34.4 Å². The number of hydrogen-bond acceptors (Lipinski definition) is 3. The molecule has 3 nitrogen and oxygen atoms in total. The normalized spacial score (nSPS) is 10.2. The van der Waals surface area contributed by atoms with Crippen LogP contribution in [-0.2, 0) is 0 Å². The van der Waals surface area contributed by atoms with Crippen molar-refractivity contribution in [3.05, 3.63) is 29.8 Å². The predicted octanol–water partition coefficient (Wildman–Crippen LogP) is 0.207. The van der Waals surface area contributed by atoms with Gasteiger partial charge in [-0.1, -0.05) is 13.8 Å². The van der Waals surface area contributed by atoms with E-state index in [0.29, 0.717) is 0 Å². The van der Waals surface area contributed by atoms with E-state index >= 15 is 0 Å². The summed E-state index contributed by atoms with van der Waals surface area (Å²) in [6, 6.07) is 8.81. The molecule has 2 N–H and O–H groups in total. The van der Waals surface area contributed by atoms with Crippen molar-refractivity contribution in [3.63, 3.8) is 0 Å². The second-order valence-electron chi connectivity index (χ2n) is 3.48.